The summed E-state index contributed by atoms with van der Waals surface area (Å²) in [5, 5.41) is 2.38. The molecule has 0 aliphatic rings. The fraction of sp³-hybridized carbons (Fsp3) is 0.0667. The first kappa shape index (κ1) is 9.97. The number of benzene rings is 1. The third-order valence-corrected chi connectivity index (χ3v) is 3.01. The van der Waals surface area contributed by atoms with Gasteiger partial charge >= 0.3 is 0 Å². The molecule has 0 saturated carbocycles. The highest BCUT2D eigenvalue weighted by Gasteiger charge is 2.05. The first-order chi connectivity index (χ1) is 8.36. The minimum Gasteiger partial charge on any atom is -0.264 e. The Morgan fingerprint density at radius 3 is 2.53 bits per heavy atom. The Morgan fingerprint density at radius 2 is 1.65 bits per heavy atom. The van der Waals surface area contributed by atoms with E-state index in [9.17, 15) is 0 Å². The van der Waals surface area contributed by atoms with Gasteiger partial charge in [-0.15, -0.1) is 0 Å². The van der Waals surface area contributed by atoms with Gasteiger partial charge in [0.25, 0.3) is 0 Å². The summed E-state index contributed by atoms with van der Waals surface area (Å²) < 4.78 is 0. The number of hydrogen-bond acceptors (Lipinski definition) is 2. The molecule has 0 saturated heterocycles. The SMILES string of the molecule is Cc1ccncc1-c1cccc2cnccc12. The van der Waals surface area contributed by atoms with Crippen molar-refractivity contribution in [2.75, 3.05) is 0 Å². The third-order valence-electron chi connectivity index (χ3n) is 3.01. The Balaban J connectivity index is 2.35. The number of pyridine rings is 2. The molecule has 0 radical (unpaired) electrons. The highest BCUT2D eigenvalue weighted by atomic mass is 14.6. The molecule has 2 nitrogen and oxygen atoms in total. The van der Waals surface area contributed by atoms with Crippen molar-refractivity contribution in [2.24, 2.45) is 0 Å². The second-order valence-electron chi connectivity index (χ2n) is 4.09. The molecule has 0 bridgehead atoms. The van der Waals surface area contributed by atoms with E-state index in [0.29, 0.717) is 0 Å². The van der Waals surface area contributed by atoms with Crippen LogP contribution in [0.4, 0.5) is 0 Å². The highest BCUT2D eigenvalue weighted by Crippen LogP contribution is 2.29. The maximum absolute atomic E-state index is 4.21. The van der Waals surface area contributed by atoms with Crippen LogP contribution in [-0.2, 0) is 0 Å². The van der Waals surface area contributed by atoms with E-state index in [1.165, 1.54) is 22.1 Å². The van der Waals surface area contributed by atoms with Gasteiger partial charge in [-0.2, -0.15) is 0 Å². The highest BCUT2D eigenvalue weighted by molar-refractivity contribution is 5.96. The summed E-state index contributed by atoms with van der Waals surface area (Å²) in [4.78, 5) is 8.37. The van der Waals surface area contributed by atoms with Crippen LogP contribution in [0.2, 0.25) is 0 Å². The summed E-state index contributed by atoms with van der Waals surface area (Å²) in [6.45, 7) is 2.11. The summed E-state index contributed by atoms with van der Waals surface area (Å²) in [6, 6.07) is 10.4. The zero-order valence-electron chi connectivity index (χ0n) is 9.59. The molecule has 0 fully saturated rings. The summed E-state index contributed by atoms with van der Waals surface area (Å²) in [7, 11) is 0. The van der Waals surface area contributed by atoms with Crippen LogP contribution in [0.3, 0.4) is 0 Å². The average molecular weight is 220 g/mol. The number of nitrogens with zero attached hydrogens (tertiary/aromatic N) is 2. The molecule has 3 aromatic rings. The number of aromatic nitrogens is 2. The smallest absolute Gasteiger partial charge is 0.0349 e. The normalized spacial score (nSPS) is 10.6. The van der Waals surface area contributed by atoms with Gasteiger partial charge in [-0.25, -0.2) is 0 Å². The standard InChI is InChI=1S/C15H12N2/c1-11-5-7-17-10-15(11)14-4-2-3-12-9-16-8-6-13(12)14/h2-10H,1H3. The zero-order chi connectivity index (χ0) is 11.7. The summed E-state index contributed by atoms with van der Waals surface area (Å²) in [5.74, 6) is 0. The Hall–Kier alpha value is -2.22. The van der Waals surface area contributed by atoms with Crippen molar-refractivity contribution < 1.29 is 0 Å². The first-order valence-electron chi connectivity index (χ1n) is 5.60. The van der Waals surface area contributed by atoms with E-state index in [0.717, 1.165) is 5.39 Å². The fourth-order valence-electron chi connectivity index (χ4n) is 2.10. The molecule has 2 heteroatoms. The number of aryl methyl sites for hydroxylation is 1. The molecule has 2 aromatic heterocycles. The topological polar surface area (TPSA) is 25.8 Å². The molecule has 0 spiro atoms. The Kier molecular flexibility index (Phi) is 2.33. The minimum absolute atomic E-state index is 1.16. The van der Waals surface area contributed by atoms with E-state index in [1.54, 1.807) is 0 Å². The van der Waals surface area contributed by atoms with Gasteiger partial charge in [-0.3, -0.25) is 9.97 Å². The van der Waals surface area contributed by atoms with Gasteiger partial charge in [0.1, 0.15) is 0 Å². The predicted molar refractivity (Wildman–Crippen MR) is 69.7 cm³/mol. The van der Waals surface area contributed by atoms with Crippen molar-refractivity contribution in [3.05, 3.63) is 60.7 Å². The van der Waals surface area contributed by atoms with Crippen LogP contribution >= 0.6 is 0 Å². The lowest BCUT2D eigenvalue weighted by molar-refractivity contribution is 1.29. The lowest BCUT2D eigenvalue weighted by Gasteiger charge is -2.08. The van der Waals surface area contributed by atoms with Crippen LogP contribution in [0.1, 0.15) is 5.56 Å². The molecular formula is C15H12N2. The largest absolute Gasteiger partial charge is 0.264 e. The van der Waals surface area contributed by atoms with E-state index >= 15 is 0 Å². The Morgan fingerprint density at radius 1 is 0.824 bits per heavy atom. The van der Waals surface area contributed by atoms with Gasteiger partial charge in [0.2, 0.25) is 0 Å². The Labute approximate surface area is 100.0 Å². The predicted octanol–water partition coefficient (Wildman–Crippen LogP) is 3.61. The molecule has 82 valence electrons. The maximum atomic E-state index is 4.21. The average Bonchev–Trinajstić information content (AvgIpc) is 2.39. The second kappa shape index (κ2) is 3.98. The van der Waals surface area contributed by atoms with Crippen LogP contribution in [0.25, 0.3) is 21.9 Å². The molecule has 0 amide bonds. The van der Waals surface area contributed by atoms with Crippen LogP contribution < -0.4 is 0 Å². The van der Waals surface area contributed by atoms with E-state index in [-0.39, 0.29) is 0 Å². The van der Waals surface area contributed by atoms with Crippen molar-refractivity contribution in [2.45, 2.75) is 6.92 Å². The van der Waals surface area contributed by atoms with Crippen LogP contribution in [0.5, 0.6) is 0 Å². The zero-order valence-corrected chi connectivity index (χ0v) is 9.59. The summed E-state index contributed by atoms with van der Waals surface area (Å²) in [5.41, 5.74) is 3.64. The van der Waals surface area contributed by atoms with Gasteiger partial charge < -0.3 is 0 Å². The first-order valence-corrected chi connectivity index (χ1v) is 5.60. The maximum Gasteiger partial charge on any atom is 0.0349 e. The van der Waals surface area contributed by atoms with Crippen LogP contribution in [0, 0.1) is 6.92 Å². The minimum atomic E-state index is 1.16. The van der Waals surface area contributed by atoms with Gasteiger partial charge in [0, 0.05) is 35.7 Å². The van der Waals surface area contributed by atoms with Crippen molar-refractivity contribution in [1.29, 1.82) is 0 Å². The van der Waals surface area contributed by atoms with Crippen molar-refractivity contribution in [1.82, 2.24) is 9.97 Å². The number of fused-ring (bicyclic) bond motifs is 1. The molecular weight excluding hydrogens is 208 g/mol. The van der Waals surface area contributed by atoms with Crippen molar-refractivity contribution in [3.8, 4) is 11.1 Å². The van der Waals surface area contributed by atoms with Crippen LogP contribution in [0.15, 0.2) is 55.1 Å². The molecule has 0 unspecified atom stereocenters. The monoisotopic (exact) mass is 220 g/mol. The second-order valence-corrected chi connectivity index (χ2v) is 4.09. The third kappa shape index (κ3) is 1.68. The molecule has 0 N–H and O–H groups in total. The molecule has 17 heavy (non-hydrogen) atoms. The van der Waals surface area contributed by atoms with Gasteiger partial charge in [0.15, 0.2) is 0 Å². The lowest BCUT2D eigenvalue weighted by Crippen LogP contribution is -1.86. The molecule has 0 atom stereocenters. The number of hydrogen-bond donors (Lipinski definition) is 0. The Bertz CT molecular complexity index is 669. The molecule has 0 aliphatic heterocycles. The number of rotatable bonds is 1. The van der Waals surface area contributed by atoms with Crippen molar-refractivity contribution >= 4 is 10.8 Å². The van der Waals surface area contributed by atoms with Gasteiger partial charge in [-0.05, 0) is 35.6 Å². The summed E-state index contributed by atoms with van der Waals surface area (Å²) in [6.07, 6.45) is 7.47. The van der Waals surface area contributed by atoms with Crippen molar-refractivity contribution in [3.63, 3.8) is 0 Å². The van der Waals surface area contributed by atoms with Gasteiger partial charge in [0.05, 0.1) is 0 Å². The molecule has 0 aliphatic carbocycles. The van der Waals surface area contributed by atoms with E-state index in [4.69, 9.17) is 0 Å². The quantitative estimate of drug-likeness (QED) is 0.626. The molecule has 2 heterocycles. The lowest BCUT2D eigenvalue weighted by atomic mass is 9.98. The molecule has 1 aromatic carbocycles. The van der Waals surface area contributed by atoms with E-state index in [1.807, 2.05) is 30.9 Å². The van der Waals surface area contributed by atoms with Gasteiger partial charge in [-0.1, -0.05) is 18.2 Å². The van der Waals surface area contributed by atoms with E-state index in [2.05, 4.69) is 41.2 Å². The fourth-order valence-corrected chi connectivity index (χ4v) is 2.10. The molecule has 3 rings (SSSR count). The van der Waals surface area contributed by atoms with E-state index < -0.39 is 0 Å². The van der Waals surface area contributed by atoms with Crippen LogP contribution in [-0.4, -0.2) is 9.97 Å². The summed E-state index contributed by atoms with van der Waals surface area (Å²) >= 11 is 0.